The fraction of sp³-hybridized carbons (Fsp3) is 0.800. The Morgan fingerprint density at radius 2 is 0.800 bits per heavy atom. The molecule has 0 rings (SSSR count). The zero-order chi connectivity index (χ0) is 58.6. The van der Waals surface area contributed by atoms with Crippen LogP contribution < -0.4 is 5.32 Å². The summed E-state index contributed by atoms with van der Waals surface area (Å²) in [6.45, 7) is 6.90. The molecule has 10 heteroatoms. The van der Waals surface area contributed by atoms with E-state index in [-0.39, 0.29) is 31.5 Å². The van der Waals surface area contributed by atoms with Crippen LogP contribution in [0.2, 0.25) is 0 Å². The molecule has 0 aromatic heterocycles. The lowest BCUT2D eigenvalue weighted by Gasteiger charge is -2.27. The maximum absolute atomic E-state index is 13.6. The van der Waals surface area contributed by atoms with E-state index in [1.54, 1.807) is 0 Å². The minimum Gasteiger partial charge on any atom is -0.456 e. The molecule has 0 spiro atoms. The number of phosphoric acid groups is 1. The van der Waals surface area contributed by atoms with Crippen molar-refractivity contribution in [2.75, 3.05) is 40.9 Å². The van der Waals surface area contributed by atoms with E-state index in [1.807, 2.05) is 33.3 Å². The lowest BCUT2D eigenvalue weighted by atomic mass is 10.0. The second kappa shape index (κ2) is 59.6. The number of allylic oxidation sites excluding steroid dienone is 11. The third kappa shape index (κ3) is 60.1. The normalized spacial score (nSPS) is 14.0. The third-order valence-electron chi connectivity index (χ3n) is 14.9. The molecule has 3 unspecified atom stereocenters. The Morgan fingerprint density at radius 1 is 0.450 bits per heavy atom. The maximum Gasteiger partial charge on any atom is 0.472 e. The van der Waals surface area contributed by atoms with Gasteiger partial charge in [0, 0.05) is 12.8 Å². The summed E-state index contributed by atoms with van der Waals surface area (Å²) in [5.41, 5.74) is 0. The number of ether oxygens (including phenoxy) is 1. The van der Waals surface area contributed by atoms with Crippen molar-refractivity contribution in [3.05, 3.63) is 72.9 Å². The lowest BCUT2D eigenvalue weighted by molar-refractivity contribution is -0.870. The first-order valence-corrected chi connectivity index (χ1v) is 35.3. The zero-order valence-electron chi connectivity index (χ0n) is 53.3. The van der Waals surface area contributed by atoms with E-state index in [0.717, 1.165) is 83.5 Å². The van der Waals surface area contributed by atoms with Gasteiger partial charge in [0.25, 0.3) is 0 Å². The average Bonchev–Trinajstić information content (AvgIpc) is 3.42. The highest BCUT2D eigenvalue weighted by molar-refractivity contribution is 7.47. The van der Waals surface area contributed by atoms with E-state index in [2.05, 4.69) is 86.8 Å². The van der Waals surface area contributed by atoms with Crippen LogP contribution >= 0.6 is 7.82 Å². The number of rotatable bonds is 61. The van der Waals surface area contributed by atoms with Crippen LogP contribution in [0.15, 0.2) is 72.9 Å². The fourth-order valence-corrected chi connectivity index (χ4v) is 10.4. The topological polar surface area (TPSA) is 111 Å². The van der Waals surface area contributed by atoms with Gasteiger partial charge in [-0.1, -0.05) is 274 Å². The summed E-state index contributed by atoms with van der Waals surface area (Å²) in [7, 11) is 1.48. The van der Waals surface area contributed by atoms with E-state index in [1.165, 1.54) is 186 Å². The van der Waals surface area contributed by atoms with Crippen molar-refractivity contribution in [2.24, 2.45) is 0 Å². The average molecular weight is 1140 g/mol. The van der Waals surface area contributed by atoms with E-state index in [4.69, 9.17) is 13.8 Å². The molecule has 466 valence electrons. The van der Waals surface area contributed by atoms with Crippen molar-refractivity contribution >= 4 is 19.7 Å². The first kappa shape index (κ1) is 77.5. The molecule has 80 heavy (non-hydrogen) atoms. The molecule has 3 atom stereocenters. The number of unbranched alkanes of at least 4 members (excludes halogenated alkanes) is 35. The van der Waals surface area contributed by atoms with Crippen molar-refractivity contribution in [3.8, 4) is 0 Å². The number of nitrogens with zero attached hydrogens (tertiary/aromatic N) is 1. The summed E-state index contributed by atoms with van der Waals surface area (Å²) in [5.74, 6) is -0.534. The molecular weight excluding hydrogens is 1010 g/mol. The second-order valence-electron chi connectivity index (χ2n) is 24.0. The van der Waals surface area contributed by atoms with Crippen LogP contribution in [-0.4, -0.2) is 74.3 Å². The first-order chi connectivity index (χ1) is 38.9. The van der Waals surface area contributed by atoms with Crippen LogP contribution in [0, 0.1) is 0 Å². The largest absolute Gasteiger partial charge is 0.472 e. The predicted molar refractivity (Wildman–Crippen MR) is 346 cm³/mol. The molecule has 9 nitrogen and oxygen atoms in total. The SMILES string of the molecule is CC/C=C/C/C=C/C/C=C/C/C=C/CCCCCC(=O)NC(COP(=O)(O)OCC[N+](C)(C)C)C(/C=C\CCCCCCCCCCCCC)OC(=O)CCCCCCCCCCCCCCCCC/C=C/CCCCCCCC. The molecule has 1 amide bonds. The Bertz CT molecular complexity index is 1600. The summed E-state index contributed by atoms with van der Waals surface area (Å²) in [6, 6.07) is -0.867. The first-order valence-electron chi connectivity index (χ1n) is 33.8. The summed E-state index contributed by atoms with van der Waals surface area (Å²) >= 11 is 0. The van der Waals surface area contributed by atoms with E-state index < -0.39 is 20.0 Å². The van der Waals surface area contributed by atoms with Gasteiger partial charge in [0.1, 0.15) is 19.3 Å². The van der Waals surface area contributed by atoms with Gasteiger partial charge in [0.15, 0.2) is 0 Å². The molecule has 0 radical (unpaired) electrons. The maximum atomic E-state index is 13.6. The van der Waals surface area contributed by atoms with Gasteiger partial charge in [0.2, 0.25) is 5.91 Å². The smallest absolute Gasteiger partial charge is 0.456 e. The molecule has 0 aliphatic carbocycles. The highest BCUT2D eigenvalue weighted by atomic mass is 31.2. The van der Waals surface area contributed by atoms with Crippen LogP contribution in [0.3, 0.4) is 0 Å². The molecule has 0 aromatic carbocycles. The molecule has 0 fully saturated rings. The van der Waals surface area contributed by atoms with Crippen LogP contribution in [0.25, 0.3) is 0 Å². The van der Waals surface area contributed by atoms with E-state index in [0.29, 0.717) is 23.9 Å². The molecular formula is C70H130N2O7P+. The number of hydrogen-bond donors (Lipinski definition) is 2. The van der Waals surface area contributed by atoms with Gasteiger partial charge < -0.3 is 19.4 Å². The van der Waals surface area contributed by atoms with E-state index >= 15 is 0 Å². The Hall–Kier alpha value is -2.55. The summed E-state index contributed by atoms with van der Waals surface area (Å²) < 4.78 is 30.8. The molecule has 0 heterocycles. The molecule has 0 aliphatic heterocycles. The highest BCUT2D eigenvalue weighted by Crippen LogP contribution is 2.43. The van der Waals surface area contributed by atoms with Crippen molar-refractivity contribution in [3.63, 3.8) is 0 Å². The number of amides is 1. The Kier molecular flexibility index (Phi) is 57.7. The van der Waals surface area contributed by atoms with Crippen molar-refractivity contribution in [1.82, 2.24) is 5.32 Å². The number of carbonyl (C=O) groups excluding carboxylic acids is 2. The molecule has 0 saturated heterocycles. The van der Waals surface area contributed by atoms with Crippen molar-refractivity contribution in [1.29, 1.82) is 0 Å². The Morgan fingerprint density at radius 3 is 1.23 bits per heavy atom. The van der Waals surface area contributed by atoms with Crippen LogP contribution in [0.1, 0.15) is 310 Å². The molecule has 0 bridgehead atoms. The second-order valence-corrected chi connectivity index (χ2v) is 25.4. The standard InChI is InChI=1S/C70H129N2O7P/c1-7-10-13-16-19-22-25-28-30-32-33-34-35-36-37-38-39-40-42-45-48-51-54-57-60-63-70(74)79-68(61-58-55-52-49-46-43-27-24-21-18-15-12-9-3)67(66-78-80(75,76)77-65-64-72(4,5)6)71-69(73)62-59-56-53-50-47-44-41-31-29-26-23-20-17-14-11-8-2/h11,14,20,23,28-31,44,47,58,61,67-68H,7-10,12-13,15-19,21-22,24-27,32-43,45-46,48-57,59-60,62-66H2,1-6H3,(H-,71,73,75,76)/p+1/b14-11+,23-20+,30-28+,31-29+,47-44+,61-58-. The number of phosphoric ester groups is 1. The van der Waals surface area contributed by atoms with Gasteiger partial charge in [-0.05, 0) is 96.0 Å². The number of nitrogens with one attached hydrogen (secondary N) is 1. The zero-order valence-corrected chi connectivity index (χ0v) is 54.2. The van der Waals surface area contributed by atoms with Crippen LogP contribution in [0.5, 0.6) is 0 Å². The quantitative estimate of drug-likeness (QED) is 0.0205. The summed E-state index contributed by atoms with van der Waals surface area (Å²) in [4.78, 5) is 37.8. The number of quaternary nitrogens is 1. The Balaban J connectivity index is 5.14. The third-order valence-corrected chi connectivity index (χ3v) is 15.9. The van der Waals surface area contributed by atoms with Gasteiger partial charge >= 0.3 is 13.8 Å². The fourth-order valence-electron chi connectivity index (χ4n) is 9.69. The molecule has 0 saturated carbocycles. The van der Waals surface area contributed by atoms with Gasteiger partial charge in [-0.2, -0.15) is 0 Å². The van der Waals surface area contributed by atoms with Gasteiger partial charge in [-0.15, -0.1) is 0 Å². The minimum absolute atomic E-state index is 0.0325. The van der Waals surface area contributed by atoms with Gasteiger partial charge in [0.05, 0.1) is 33.8 Å². The number of carbonyl (C=O) groups is 2. The number of hydrogen-bond acceptors (Lipinski definition) is 6. The summed E-state index contributed by atoms with van der Waals surface area (Å²) in [5, 5.41) is 3.05. The monoisotopic (exact) mass is 1140 g/mol. The minimum atomic E-state index is -4.46. The van der Waals surface area contributed by atoms with Crippen molar-refractivity contribution in [2.45, 2.75) is 322 Å². The van der Waals surface area contributed by atoms with E-state index in [9.17, 15) is 19.0 Å². The van der Waals surface area contributed by atoms with Crippen molar-refractivity contribution < 1.29 is 37.3 Å². The molecule has 0 aromatic rings. The Labute approximate surface area is 495 Å². The number of likely N-dealkylation sites (N-methyl/N-ethyl adjacent to an activating group) is 1. The van der Waals surface area contributed by atoms with Crippen LogP contribution in [0.4, 0.5) is 0 Å². The molecule has 2 N–H and O–H groups in total. The van der Waals surface area contributed by atoms with Gasteiger partial charge in [-0.3, -0.25) is 18.6 Å². The lowest BCUT2D eigenvalue weighted by Crippen LogP contribution is -2.47. The summed E-state index contributed by atoms with van der Waals surface area (Å²) in [6.07, 6.45) is 77.7. The predicted octanol–water partition coefficient (Wildman–Crippen LogP) is 21.2. The van der Waals surface area contributed by atoms with Crippen LogP contribution in [-0.2, 0) is 27.9 Å². The number of esters is 1. The van der Waals surface area contributed by atoms with Gasteiger partial charge in [-0.25, -0.2) is 4.57 Å². The highest BCUT2D eigenvalue weighted by Gasteiger charge is 2.30. The molecule has 0 aliphatic rings.